The summed E-state index contributed by atoms with van der Waals surface area (Å²) in [5.74, 6) is 0.0936. The first-order chi connectivity index (χ1) is 9.81. The van der Waals surface area contributed by atoms with Gasteiger partial charge < -0.3 is 5.73 Å². The van der Waals surface area contributed by atoms with Crippen LogP contribution in [0.3, 0.4) is 0 Å². The third-order valence-electron chi connectivity index (χ3n) is 3.35. The maximum Gasteiger partial charge on any atom is 0.152 e. The number of carbonyl (C=O) groups excluding carboxylic acids is 1. The summed E-state index contributed by atoms with van der Waals surface area (Å²) in [7, 11) is 0. The fraction of sp³-hybridized carbons (Fsp3) is 0.588. The van der Waals surface area contributed by atoms with E-state index in [1.54, 1.807) is 0 Å². The van der Waals surface area contributed by atoms with Crippen molar-refractivity contribution in [3.05, 3.63) is 35.4 Å². The van der Waals surface area contributed by atoms with E-state index in [0.29, 0.717) is 6.42 Å². The minimum Gasteiger partial charge on any atom is -0.321 e. The molecule has 4 nitrogen and oxygen atoms in total. The Kier molecular flexibility index (Phi) is 7.02. The Labute approximate surface area is 128 Å². The van der Waals surface area contributed by atoms with Crippen LogP contribution in [0.2, 0.25) is 0 Å². The standard InChI is InChI=1S/C17H28N2O2/c1-11(2)17(20)16(18)10-14-6-8-15(9-7-14)13(5)19-21-12(3)4/h6-9,11-13,16,19H,10,18H2,1-5H3. The number of rotatable bonds is 8. The van der Waals surface area contributed by atoms with E-state index in [4.69, 9.17) is 10.6 Å². The molecule has 2 unspecified atom stereocenters. The molecule has 21 heavy (non-hydrogen) atoms. The maximum atomic E-state index is 11.8. The van der Waals surface area contributed by atoms with Crippen LogP contribution in [0.15, 0.2) is 24.3 Å². The summed E-state index contributed by atoms with van der Waals surface area (Å²) in [6, 6.07) is 7.84. The average molecular weight is 292 g/mol. The lowest BCUT2D eigenvalue weighted by Gasteiger charge is -2.17. The number of Topliss-reactive ketones (excluding diaryl/α,β-unsaturated/α-hetero) is 1. The molecule has 0 saturated heterocycles. The molecule has 0 aromatic heterocycles. The van der Waals surface area contributed by atoms with E-state index in [2.05, 4.69) is 5.48 Å². The summed E-state index contributed by atoms with van der Waals surface area (Å²) in [5.41, 5.74) is 11.2. The first-order valence-corrected chi connectivity index (χ1v) is 7.60. The van der Waals surface area contributed by atoms with E-state index in [1.807, 2.05) is 58.9 Å². The normalized spacial score (nSPS) is 14.5. The number of ketones is 1. The fourth-order valence-electron chi connectivity index (χ4n) is 2.03. The predicted molar refractivity (Wildman–Crippen MR) is 85.7 cm³/mol. The number of hydroxylamine groups is 1. The van der Waals surface area contributed by atoms with E-state index in [1.165, 1.54) is 0 Å². The lowest BCUT2D eigenvalue weighted by molar-refractivity contribution is -0.123. The van der Waals surface area contributed by atoms with Crippen LogP contribution in [0.5, 0.6) is 0 Å². The first-order valence-electron chi connectivity index (χ1n) is 7.60. The molecule has 2 atom stereocenters. The number of benzene rings is 1. The van der Waals surface area contributed by atoms with Crippen molar-refractivity contribution in [2.45, 2.75) is 59.2 Å². The zero-order valence-corrected chi connectivity index (χ0v) is 13.7. The summed E-state index contributed by atoms with van der Waals surface area (Å²) in [5, 5.41) is 0. The van der Waals surface area contributed by atoms with E-state index >= 15 is 0 Å². The van der Waals surface area contributed by atoms with Crippen LogP contribution in [0.4, 0.5) is 0 Å². The Morgan fingerprint density at radius 3 is 2.19 bits per heavy atom. The molecule has 0 aliphatic carbocycles. The minimum absolute atomic E-state index is 0.0170. The summed E-state index contributed by atoms with van der Waals surface area (Å²) >= 11 is 0. The van der Waals surface area contributed by atoms with Gasteiger partial charge in [-0.2, -0.15) is 5.48 Å². The molecule has 0 heterocycles. The largest absolute Gasteiger partial charge is 0.321 e. The van der Waals surface area contributed by atoms with Gasteiger partial charge in [-0.3, -0.25) is 9.63 Å². The topological polar surface area (TPSA) is 64.3 Å². The predicted octanol–water partition coefficient (Wildman–Crippen LogP) is 2.77. The molecule has 0 aliphatic heterocycles. The number of hydrogen-bond donors (Lipinski definition) is 2. The zero-order chi connectivity index (χ0) is 16.0. The van der Waals surface area contributed by atoms with Crippen LogP contribution in [-0.4, -0.2) is 17.9 Å². The summed E-state index contributed by atoms with van der Waals surface area (Å²) < 4.78 is 0. The van der Waals surface area contributed by atoms with Crippen LogP contribution in [0.25, 0.3) is 0 Å². The number of carbonyl (C=O) groups is 1. The Balaban J connectivity index is 2.59. The molecule has 4 heteroatoms. The molecule has 1 aromatic rings. The molecule has 0 amide bonds. The molecule has 0 spiro atoms. The molecule has 0 bridgehead atoms. The molecular formula is C17H28N2O2. The molecular weight excluding hydrogens is 264 g/mol. The van der Waals surface area contributed by atoms with Crippen molar-refractivity contribution in [2.75, 3.05) is 0 Å². The third-order valence-corrected chi connectivity index (χ3v) is 3.35. The molecule has 1 aromatic carbocycles. The zero-order valence-electron chi connectivity index (χ0n) is 13.7. The highest BCUT2D eigenvalue weighted by atomic mass is 16.7. The van der Waals surface area contributed by atoms with Gasteiger partial charge in [-0.05, 0) is 38.3 Å². The van der Waals surface area contributed by atoms with Crippen LogP contribution < -0.4 is 11.2 Å². The average Bonchev–Trinajstić information content (AvgIpc) is 2.44. The summed E-state index contributed by atoms with van der Waals surface area (Å²) in [4.78, 5) is 17.2. The van der Waals surface area contributed by atoms with Crippen molar-refractivity contribution in [1.82, 2.24) is 5.48 Å². The van der Waals surface area contributed by atoms with Gasteiger partial charge in [-0.1, -0.05) is 38.1 Å². The van der Waals surface area contributed by atoms with E-state index in [-0.39, 0.29) is 23.8 Å². The van der Waals surface area contributed by atoms with Crippen LogP contribution >= 0.6 is 0 Å². The number of nitrogens with one attached hydrogen (secondary N) is 1. The molecule has 0 radical (unpaired) electrons. The number of nitrogens with two attached hydrogens (primary N) is 1. The van der Waals surface area contributed by atoms with Gasteiger partial charge in [0.15, 0.2) is 5.78 Å². The maximum absolute atomic E-state index is 11.8. The van der Waals surface area contributed by atoms with E-state index < -0.39 is 6.04 Å². The Morgan fingerprint density at radius 1 is 1.14 bits per heavy atom. The second-order valence-corrected chi connectivity index (χ2v) is 6.12. The highest BCUT2D eigenvalue weighted by molar-refractivity contribution is 5.85. The molecule has 3 N–H and O–H groups in total. The Bertz CT molecular complexity index is 441. The lowest BCUT2D eigenvalue weighted by Crippen LogP contribution is -2.35. The van der Waals surface area contributed by atoms with Crippen molar-refractivity contribution in [1.29, 1.82) is 0 Å². The van der Waals surface area contributed by atoms with Crippen molar-refractivity contribution < 1.29 is 9.63 Å². The van der Waals surface area contributed by atoms with Gasteiger partial charge in [-0.25, -0.2) is 0 Å². The molecule has 0 aliphatic rings. The first kappa shape index (κ1) is 17.8. The van der Waals surface area contributed by atoms with E-state index in [9.17, 15) is 4.79 Å². The second kappa shape index (κ2) is 8.27. The monoisotopic (exact) mass is 292 g/mol. The van der Waals surface area contributed by atoms with Gasteiger partial charge in [-0.15, -0.1) is 0 Å². The van der Waals surface area contributed by atoms with Gasteiger partial charge in [0.2, 0.25) is 0 Å². The second-order valence-electron chi connectivity index (χ2n) is 6.12. The molecule has 118 valence electrons. The Morgan fingerprint density at radius 2 is 1.71 bits per heavy atom. The lowest BCUT2D eigenvalue weighted by atomic mass is 9.95. The van der Waals surface area contributed by atoms with Gasteiger partial charge in [0.05, 0.1) is 18.2 Å². The summed E-state index contributed by atoms with van der Waals surface area (Å²) in [6.45, 7) is 9.78. The van der Waals surface area contributed by atoms with Crippen molar-refractivity contribution in [3.8, 4) is 0 Å². The molecule has 0 fully saturated rings. The SMILES string of the molecule is CC(C)ONC(C)c1ccc(CC(N)C(=O)C(C)C)cc1. The highest BCUT2D eigenvalue weighted by Gasteiger charge is 2.17. The highest BCUT2D eigenvalue weighted by Crippen LogP contribution is 2.15. The van der Waals surface area contributed by atoms with Crippen molar-refractivity contribution >= 4 is 5.78 Å². The van der Waals surface area contributed by atoms with Gasteiger partial charge >= 0.3 is 0 Å². The smallest absolute Gasteiger partial charge is 0.152 e. The number of hydrogen-bond acceptors (Lipinski definition) is 4. The van der Waals surface area contributed by atoms with Gasteiger partial charge in [0.25, 0.3) is 0 Å². The van der Waals surface area contributed by atoms with Gasteiger partial charge in [0.1, 0.15) is 0 Å². The molecule has 0 saturated carbocycles. The van der Waals surface area contributed by atoms with Crippen LogP contribution in [-0.2, 0) is 16.1 Å². The Hall–Kier alpha value is -1.23. The minimum atomic E-state index is -0.421. The van der Waals surface area contributed by atoms with E-state index in [0.717, 1.165) is 11.1 Å². The molecule has 1 rings (SSSR count). The third kappa shape index (κ3) is 5.96. The van der Waals surface area contributed by atoms with Crippen LogP contribution in [0.1, 0.15) is 51.8 Å². The van der Waals surface area contributed by atoms with Crippen molar-refractivity contribution in [2.24, 2.45) is 11.7 Å². The quantitative estimate of drug-likeness (QED) is 0.723. The van der Waals surface area contributed by atoms with Gasteiger partial charge in [0, 0.05) is 5.92 Å². The summed E-state index contributed by atoms with van der Waals surface area (Å²) in [6.07, 6.45) is 0.730. The van der Waals surface area contributed by atoms with Crippen LogP contribution in [0, 0.1) is 5.92 Å². The van der Waals surface area contributed by atoms with Crippen molar-refractivity contribution in [3.63, 3.8) is 0 Å². The fourth-order valence-corrected chi connectivity index (χ4v) is 2.03.